The first kappa shape index (κ1) is 37.2. The largest absolute Gasteiger partial charge is 0.387 e. The molecule has 0 unspecified atom stereocenters. The van der Waals surface area contributed by atoms with Crippen molar-refractivity contribution in [1.82, 2.24) is 16.0 Å². The van der Waals surface area contributed by atoms with Gasteiger partial charge in [-0.3, -0.25) is 18.7 Å². The van der Waals surface area contributed by atoms with Gasteiger partial charge in [0.15, 0.2) is 6.04 Å². The smallest absolute Gasteiger partial charge is 0.281 e. The van der Waals surface area contributed by atoms with E-state index in [-0.39, 0.29) is 41.2 Å². The van der Waals surface area contributed by atoms with E-state index in [0.29, 0.717) is 13.0 Å². The standard InChI is InChI=1S/C35H47N5O6S/c1-23(2)21-37-35(44)32(25(4)41)36-22-30(17-26-13-9-7-10-14-26)39-34(43)29-18-28(19-31(20-29)40(5)47(6,45)46)33(42)38-24(3)27-15-11-8-12-16-27/h7-16,18-20,23-25,30,32,36,41H,17,21-22H2,1-6H3,(H,37,44)(H,38,42)(H,39,43)/p+1/t24-,25-,30+,32+/m1/s1. The Kier molecular flexibility index (Phi) is 13.5. The quantitative estimate of drug-likeness (QED) is 0.157. The van der Waals surface area contributed by atoms with Crippen LogP contribution in [0.3, 0.4) is 0 Å². The number of nitrogens with zero attached hydrogens (tertiary/aromatic N) is 1. The second kappa shape index (κ2) is 17.1. The monoisotopic (exact) mass is 666 g/mol. The van der Waals surface area contributed by atoms with Gasteiger partial charge in [-0.1, -0.05) is 74.5 Å². The van der Waals surface area contributed by atoms with Gasteiger partial charge in [-0.25, -0.2) is 8.42 Å². The number of aliphatic hydroxyl groups excluding tert-OH is 1. The predicted octanol–water partition coefficient (Wildman–Crippen LogP) is 2.00. The van der Waals surface area contributed by atoms with Crippen molar-refractivity contribution in [2.24, 2.45) is 5.92 Å². The van der Waals surface area contributed by atoms with Crippen LogP contribution in [0, 0.1) is 5.92 Å². The zero-order chi connectivity index (χ0) is 34.7. The molecule has 0 spiro atoms. The van der Waals surface area contributed by atoms with Crippen molar-refractivity contribution in [3.63, 3.8) is 0 Å². The summed E-state index contributed by atoms with van der Waals surface area (Å²) in [6.45, 7) is 8.08. The Balaban J connectivity index is 1.91. The van der Waals surface area contributed by atoms with Gasteiger partial charge in [0, 0.05) is 24.7 Å². The third kappa shape index (κ3) is 11.5. The molecule has 3 aromatic rings. The summed E-state index contributed by atoms with van der Waals surface area (Å²) >= 11 is 0. The summed E-state index contributed by atoms with van der Waals surface area (Å²) in [6.07, 6.45) is 0.518. The molecule has 3 amide bonds. The fourth-order valence-corrected chi connectivity index (χ4v) is 5.46. The highest BCUT2D eigenvalue weighted by molar-refractivity contribution is 7.92. The van der Waals surface area contributed by atoms with Gasteiger partial charge < -0.3 is 26.4 Å². The highest BCUT2D eigenvalue weighted by Gasteiger charge is 2.29. The number of hydrogen-bond donors (Lipinski definition) is 5. The fourth-order valence-electron chi connectivity index (χ4n) is 4.97. The number of amides is 3. The molecule has 0 saturated carbocycles. The van der Waals surface area contributed by atoms with Crippen LogP contribution in [0.4, 0.5) is 5.69 Å². The maximum absolute atomic E-state index is 13.8. The van der Waals surface area contributed by atoms with Gasteiger partial charge >= 0.3 is 0 Å². The molecule has 0 bridgehead atoms. The summed E-state index contributed by atoms with van der Waals surface area (Å²) in [5.41, 5.74) is 2.20. The van der Waals surface area contributed by atoms with Crippen LogP contribution < -0.4 is 25.6 Å². The van der Waals surface area contributed by atoms with Crippen LogP contribution >= 0.6 is 0 Å². The van der Waals surface area contributed by atoms with Crippen molar-refractivity contribution in [2.45, 2.75) is 58.3 Å². The Bertz CT molecular complexity index is 1600. The summed E-state index contributed by atoms with van der Waals surface area (Å²) in [6, 6.07) is 21.6. The average molecular weight is 667 g/mol. The Hall–Kier alpha value is -4.26. The number of hydrogen-bond acceptors (Lipinski definition) is 6. The maximum Gasteiger partial charge on any atom is 0.281 e. The molecular weight excluding hydrogens is 618 g/mol. The minimum absolute atomic E-state index is 0.0929. The molecule has 3 rings (SSSR count). The van der Waals surface area contributed by atoms with Crippen LogP contribution in [0.25, 0.3) is 0 Å². The molecule has 0 aliphatic carbocycles. The number of anilines is 1. The van der Waals surface area contributed by atoms with Crippen LogP contribution in [0.1, 0.15) is 65.6 Å². The van der Waals surface area contributed by atoms with Crippen molar-refractivity contribution in [2.75, 3.05) is 30.7 Å². The molecule has 0 radical (unpaired) electrons. The molecule has 0 heterocycles. The van der Waals surface area contributed by atoms with Crippen molar-refractivity contribution in [3.8, 4) is 0 Å². The molecule has 0 aromatic heterocycles. The number of nitrogens with two attached hydrogens (primary N) is 1. The Labute approximate surface area is 278 Å². The summed E-state index contributed by atoms with van der Waals surface area (Å²) in [4.78, 5) is 40.1. The normalized spacial score (nSPS) is 14.0. The minimum Gasteiger partial charge on any atom is -0.387 e. The first-order chi connectivity index (χ1) is 22.1. The van der Waals surface area contributed by atoms with Crippen molar-refractivity contribution >= 4 is 33.4 Å². The van der Waals surface area contributed by atoms with Gasteiger partial charge in [0.1, 0.15) is 6.10 Å². The van der Waals surface area contributed by atoms with Crippen LogP contribution in [0.2, 0.25) is 0 Å². The molecule has 12 heteroatoms. The Morgan fingerprint density at radius 3 is 1.94 bits per heavy atom. The maximum atomic E-state index is 13.8. The molecule has 0 aliphatic rings. The van der Waals surface area contributed by atoms with Crippen LogP contribution in [0.5, 0.6) is 0 Å². The summed E-state index contributed by atoms with van der Waals surface area (Å²) in [5, 5.41) is 20.9. The van der Waals surface area contributed by atoms with E-state index < -0.39 is 40.0 Å². The fraction of sp³-hybridized carbons (Fsp3) is 0.400. The van der Waals surface area contributed by atoms with E-state index in [4.69, 9.17) is 0 Å². The SMILES string of the molecule is CC(C)CNC(=O)[C@@H]([NH2+]C[C@H](Cc1ccccc1)NC(=O)c1cc(C(=O)N[C@H](C)c2ccccc2)cc(N(C)S(C)(=O)=O)c1)[C@@H](C)O. The summed E-state index contributed by atoms with van der Waals surface area (Å²) in [5.74, 6) is -1.05. The first-order valence-corrected chi connectivity index (χ1v) is 17.6. The second-order valence-electron chi connectivity index (χ2n) is 12.3. The van der Waals surface area contributed by atoms with E-state index in [2.05, 4.69) is 16.0 Å². The van der Waals surface area contributed by atoms with Gasteiger partial charge in [-0.2, -0.15) is 0 Å². The number of nitrogens with one attached hydrogen (secondary N) is 3. The van der Waals surface area contributed by atoms with Crippen LogP contribution in [-0.4, -0.2) is 75.8 Å². The van der Waals surface area contributed by atoms with Crippen LogP contribution in [-0.2, 0) is 21.2 Å². The number of rotatable bonds is 16. The molecule has 0 fully saturated rings. The number of carbonyl (C=O) groups excluding carboxylic acids is 3. The Morgan fingerprint density at radius 2 is 1.40 bits per heavy atom. The lowest BCUT2D eigenvalue weighted by Crippen LogP contribution is -2.97. The van der Waals surface area contributed by atoms with Gasteiger partial charge in [0.25, 0.3) is 17.7 Å². The highest BCUT2D eigenvalue weighted by Crippen LogP contribution is 2.22. The van der Waals surface area contributed by atoms with E-state index in [1.54, 1.807) is 12.2 Å². The molecule has 4 atom stereocenters. The third-order valence-corrected chi connectivity index (χ3v) is 9.00. The van der Waals surface area contributed by atoms with Crippen molar-refractivity contribution in [1.29, 1.82) is 0 Å². The van der Waals surface area contributed by atoms with Gasteiger partial charge in [0.05, 0.1) is 30.6 Å². The lowest BCUT2D eigenvalue weighted by Gasteiger charge is -2.24. The van der Waals surface area contributed by atoms with Crippen molar-refractivity contribution < 1.29 is 33.2 Å². The topological polar surface area (TPSA) is 162 Å². The second-order valence-corrected chi connectivity index (χ2v) is 14.4. The Morgan fingerprint density at radius 1 is 0.851 bits per heavy atom. The molecule has 0 saturated heterocycles. The van der Waals surface area contributed by atoms with E-state index >= 15 is 0 Å². The lowest BCUT2D eigenvalue weighted by atomic mass is 10.0. The van der Waals surface area contributed by atoms with Crippen LogP contribution in [0.15, 0.2) is 78.9 Å². The highest BCUT2D eigenvalue weighted by atomic mass is 32.2. The number of benzene rings is 3. The molecule has 3 aromatic carbocycles. The van der Waals surface area contributed by atoms with E-state index in [1.165, 1.54) is 25.2 Å². The molecule has 6 N–H and O–H groups in total. The molecule has 0 aliphatic heterocycles. The summed E-state index contributed by atoms with van der Waals surface area (Å²) < 4.78 is 25.9. The van der Waals surface area contributed by atoms with Gasteiger partial charge in [-0.15, -0.1) is 0 Å². The van der Waals surface area contributed by atoms with Gasteiger partial charge in [0.2, 0.25) is 10.0 Å². The zero-order valence-corrected chi connectivity index (χ0v) is 28.8. The first-order valence-electron chi connectivity index (χ1n) is 15.7. The van der Waals surface area contributed by atoms with Crippen molar-refractivity contribution in [3.05, 3.63) is 101 Å². The van der Waals surface area contributed by atoms with E-state index in [0.717, 1.165) is 21.7 Å². The lowest BCUT2D eigenvalue weighted by molar-refractivity contribution is -0.684. The minimum atomic E-state index is -3.71. The molecule has 47 heavy (non-hydrogen) atoms. The van der Waals surface area contributed by atoms with E-state index in [1.807, 2.05) is 81.4 Å². The zero-order valence-electron chi connectivity index (χ0n) is 27.9. The van der Waals surface area contributed by atoms with Gasteiger partial charge in [-0.05, 0) is 55.5 Å². The number of quaternary nitrogens is 1. The average Bonchev–Trinajstić information content (AvgIpc) is 3.03. The number of carbonyl (C=O) groups is 3. The summed E-state index contributed by atoms with van der Waals surface area (Å²) in [7, 11) is -2.36. The molecule has 11 nitrogen and oxygen atoms in total. The number of aliphatic hydroxyl groups is 1. The third-order valence-electron chi connectivity index (χ3n) is 7.79. The predicted molar refractivity (Wildman–Crippen MR) is 184 cm³/mol. The van der Waals surface area contributed by atoms with E-state index in [9.17, 15) is 27.9 Å². The molecular formula is C35H48N5O6S+. The number of sulfonamides is 1. The molecule has 254 valence electrons.